The molecule has 0 radical (unpaired) electrons. The fourth-order valence-corrected chi connectivity index (χ4v) is 2.82. The Hall–Kier alpha value is -2.14. The molecule has 4 nitrogen and oxygen atoms in total. The van der Waals surface area contributed by atoms with Crippen LogP contribution in [0.25, 0.3) is 5.82 Å². The van der Waals surface area contributed by atoms with Crippen LogP contribution in [0.5, 0.6) is 0 Å². The number of hydrogen-bond acceptors (Lipinski definition) is 4. The average molecular weight is 284 g/mol. The van der Waals surface area contributed by atoms with Gasteiger partial charge in [0.25, 0.3) is 0 Å². The summed E-state index contributed by atoms with van der Waals surface area (Å²) in [7, 11) is 0. The van der Waals surface area contributed by atoms with Crippen LogP contribution in [-0.4, -0.2) is 14.8 Å². The lowest BCUT2D eigenvalue weighted by atomic mass is 10.3. The van der Waals surface area contributed by atoms with Crippen LogP contribution in [0.15, 0.2) is 48.9 Å². The van der Waals surface area contributed by atoms with Crippen molar-refractivity contribution < 1.29 is 0 Å². The number of nitrogens with one attached hydrogen (secondary N) is 1. The molecule has 3 aromatic rings. The largest absolute Gasteiger partial charge is 0.379 e. The molecule has 3 rings (SSSR count). The van der Waals surface area contributed by atoms with E-state index >= 15 is 0 Å². The summed E-state index contributed by atoms with van der Waals surface area (Å²) >= 11 is 1.86. The Morgan fingerprint density at radius 3 is 2.75 bits per heavy atom. The first-order valence-electron chi connectivity index (χ1n) is 6.62. The van der Waals surface area contributed by atoms with Crippen molar-refractivity contribution in [3.63, 3.8) is 0 Å². The Labute approximate surface area is 122 Å². The minimum Gasteiger partial charge on any atom is -0.379 e. The summed E-state index contributed by atoms with van der Waals surface area (Å²) in [5.74, 6) is 0.824. The van der Waals surface area contributed by atoms with Crippen molar-refractivity contribution in [2.75, 3.05) is 5.32 Å². The van der Waals surface area contributed by atoms with Crippen LogP contribution in [0.1, 0.15) is 16.7 Å². The first kappa shape index (κ1) is 12.9. The molecule has 0 saturated carbocycles. The quantitative estimate of drug-likeness (QED) is 0.779. The van der Waals surface area contributed by atoms with Gasteiger partial charge in [0.05, 0.1) is 11.9 Å². The number of rotatable bonds is 5. The first-order valence-corrected chi connectivity index (χ1v) is 7.44. The maximum Gasteiger partial charge on any atom is 0.153 e. The molecule has 102 valence electrons. The molecule has 0 amide bonds. The van der Waals surface area contributed by atoms with Crippen LogP contribution < -0.4 is 5.32 Å². The molecule has 0 atom stereocenters. The van der Waals surface area contributed by atoms with E-state index in [2.05, 4.69) is 34.5 Å². The van der Waals surface area contributed by atoms with Crippen LogP contribution in [-0.2, 0) is 13.0 Å². The summed E-state index contributed by atoms with van der Waals surface area (Å²) in [6.45, 7) is 3.02. The summed E-state index contributed by atoms with van der Waals surface area (Å²) in [5.41, 5.74) is 1.02. The average Bonchev–Trinajstić information content (AvgIpc) is 3.17. The van der Waals surface area contributed by atoms with Gasteiger partial charge in [0.15, 0.2) is 5.82 Å². The van der Waals surface area contributed by atoms with E-state index in [1.807, 2.05) is 41.9 Å². The molecule has 0 fully saturated rings. The smallest absolute Gasteiger partial charge is 0.153 e. The van der Waals surface area contributed by atoms with Gasteiger partial charge >= 0.3 is 0 Å². The van der Waals surface area contributed by atoms with Crippen LogP contribution in [0.4, 0.5) is 5.69 Å². The van der Waals surface area contributed by atoms with Crippen molar-refractivity contribution in [3.05, 3.63) is 58.7 Å². The molecule has 0 aliphatic carbocycles. The zero-order valence-corrected chi connectivity index (χ0v) is 12.1. The molecule has 1 N–H and O–H groups in total. The van der Waals surface area contributed by atoms with Crippen molar-refractivity contribution in [1.29, 1.82) is 0 Å². The van der Waals surface area contributed by atoms with Crippen LogP contribution in [0.3, 0.4) is 0 Å². The van der Waals surface area contributed by atoms with E-state index in [0.717, 1.165) is 24.5 Å². The van der Waals surface area contributed by atoms with Crippen molar-refractivity contribution in [1.82, 2.24) is 14.8 Å². The van der Waals surface area contributed by atoms with Gasteiger partial charge in [-0.1, -0.05) is 6.92 Å². The van der Waals surface area contributed by atoms with Gasteiger partial charge < -0.3 is 5.32 Å². The molecular weight excluding hydrogens is 268 g/mol. The third-order valence-corrected chi connectivity index (χ3v) is 4.25. The second kappa shape index (κ2) is 5.88. The molecule has 3 heterocycles. The Kier molecular flexibility index (Phi) is 3.78. The SMILES string of the molecule is CCc1ccc(CNc2ccc(-n3cccn3)nc2)s1. The molecule has 0 spiro atoms. The number of aryl methyl sites for hydroxylation is 1. The Balaban J connectivity index is 1.63. The summed E-state index contributed by atoms with van der Waals surface area (Å²) in [6, 6.07) is 10.2. The van der Waals surface area contributed by atoms with E-state index in [-0.39, 0.29) is 0 Å². The highest BCUT2D eigenvalue weighted by molar-refractivity contribution is 7.12. The normalized spacial score (nSPS) is 10.7. The van der Waals surface area contributed by atoms with E-state index in [9.17, 15) is 0 Å². The molecule has 0 aliphatic heterocycles. The lowest BCUT2D eigenvalue weighted by Gasteiger charge is -2.05. The number of anilines is 1. The minimum absolute atomic E-state index is 0.824. The topological polar surface area (TPSA) is 42.7 Å². The minimum atomic E-state index is 0.824. The van der Waals surface area contributed by atoms with Crippen molar-refractivity contribution in [3.8, 4) is 5.82 Å². The van der Waals surface area contributed by atoms with Crippen LogP contribution in [0, 0.1) is 0 Å². The van der Waals surface area contributed by atoms with E-state index in [0.29, 0.717) is 0 Å². The zero-order chi connectivity index (χ0) is 13.8. The second-order valence-corrected chi connectivity index (χ2v) is 5.68. The molecule has 0 aliphatic rings. The van der Waals surface area contributed by atoms with Gasteiger partial charge in [-0.25, -0.2) is 9.67 Å². The van der Waals surface area contributed by atoms with Gasteiger partial charge in [-0.05, 0) is 36.8 Å². The third-order valence-electron chi connectivity index (χ3n) is 3.02. The maximum absolute atomic E-state index is 4.40. The molecule has 0 unspecified atom stereocenters. The van der Waals surface area contributed by atoms with Crippen LogP contribution in [0.2, 0.25) is 0 Å². The van der Waals surface area contributed by atoms with Crippen molar-refractivity contribution in [2.24, 2.45) is 0 Å². The molecule has 0 aromatic carbocycles. The predicted octanol–water partition coefficient (Wildman–Crippen LogP) is 3.50. The van der Waals surface area contributed by atoms with Gasteiger partial charge in [0.2, 0.25) is 0 Å². The maximum atomic E-state index is 4.40. The summed E-state index contributed by atoms with van der Waals surface area (Å²) in [6.07, 6.45) is 6.57. The zero-order valence-electron chi connectivity index (χ0n) is 11.3. The highest BCUT2D eigenvalue weighted by Crippen LogP contribution is 2.18. The second-order valence-electron chi connectivity index (χ2n) is 4.43. The fourth-order valence-electron chi connectivity index (χ4n) is 1.93. The summed E-state index contributed by atoms with van der Waals surface area (Å²) in [5, 5.41) is 7.55. The van der Waals surface area contributed by atoms with Gasteiger partial charge in [-0.3, -0.25) is 0 Å². The van der Waals surface area contributed by atoms with Crippen molar-refractivity contribution in [2.45, 2.75) is 19.9 Å². The van der Waals surface area contributed by atoms with E-state index in [1.54, 1.807) is 10.9 Å². The van der Waals surface area contributed by atoms with Gasteiger partial charge in [0, 0.05) is 28.7 Å². The number of pyridine rings is 1. The monoisotopic (exact) mass is 284 g/mol. The van der Waals surface area contributed by atoms with Gasteiger partial charge in [-0.2, -0.15) is 5.10 Å². The molecule has 0 bridgehead atoms. The fraction of sp³-hybridized carbons (Fsp3) is 0.200. The van der Waals surface area contributed by atoms with Crippen LogP contribution >= 0.6 is 11.3 Å². The van der Waals surface area contributed by atoms with E-state index in [1.165, 1.54) is 9.75 Å². The highest BCUT2D eigenvalue weighted by atomic mass is 32.1. The molecule has 5 heteroatoms. The number of nitrogens with zero attached hydrogens (tertiary/aromatic N) is 3. The predicted molar refractivity (Wildman–Crippen MR) is 82.4 cm³/mol. The highest BCUT2D eigenvalue weighted by Gasteiger charge is 2.00. The standard InChI is InChI=1S/C15H16N4S/c1-2-13-5-6-14(20-13)11-16-12-4-7-15(17-10-12)19-9-3-8-18-19/h3-10,16H,2,11H2,1H3. The number of hydrogen-bond donors (Lipinski definition) is 1. The van der Waals surface area contributed by atoms with Crippen molar-refractivity contribution >= 4 is 17.0 Å². The van der Waals surface area contributed by atoms with E-state index < -0.39 is 0 Å². The lowest BCUT2D eigenvalue weighted by molar-refractivity contribution is 0.847. The number of aromatic nitrogens is 3. The van der Waals surface area contributed by atoms with Gasteiger partial charge in [-0.15, -0.1) is 11.3 Å². The molecular formula is C15H16N4S. The molecule has 3 aromatic heterocycles. The number of thiophene rings is 1. The molecule has 0 saturated heterocycles. The summed E-state index contributed by atoms with van der Waals surface area (Å²) < 4.78 is 1.75. The Morgan fingerprint density at radius 1 is 1.20 bits per heavy atom. The first-order chi connectivity index (χ1) is 9.85. The summed E-state index contributed by atoms with van der Waals surface area (Å²) in [4.78, 5) is 7.17. The van der Waals surface area contributed by atoms with Gasteiger partial charge in [0.1, 0.15) is 0 Å². The Bertz CT molecular complexity index is 656. The Morgan fingerprint density at radius 2 is 2.10 bits per heavy atom. The van der Waals surface area contributed by atoms with E-state index in [4.69, 9.17) is 0 Å². The lowest BCUT2D eigenvalue weighted by Crippen LogP contribution is -2.01. The molecule has 20 heavy (non-hydrogen) atoms. The third kappa shape index (κ3) is 2.88.